The lowest BCUT2D eigenvalue weighted by Gasteiger charge is -2.21. The van der Waals surface area contributed by atoms with Crippen molar-refractivity contribution in [2.45, 2.75) is 19.4 Å². The van der Waals surface area contributed by atoms with Gasteiger partial charge in [-0.3, -0.25) is 9.89 Å². The van der Waals surface area contributed by atoms with Gasteiger partial charge in [0, 0.05) is 13.1 Å². The van der Waals surface area contributed by atoms with Gasteiger partial charge in [-0.25, -0.2) is 0 Å². The summed E-state index contributed by atoms with van der Waals surface area (Å²) in [6, 6.07) is 10.1. The van der Waals surface area contributed by atoms with Crippen LogP contribution in [0.2, 0.25) is 0 Å². The largest absolute Gasteiger partial charge is 0.468 e. The zero-order valence-corrected chi connectivity index (χ0v) is 18.9. The molecule has 0 aliphatic carbocycles. The van der Waals surface area contributed by atoms with E-state index in [4.69, 9.17) is 18.9 Å². The van der Waals surface area contributed by atoms with Gasteiger partial charge in [-0.05, 0) is 57.3 Å². The van der Waals surface area contributed by atoms with Gasteiger partial charge >= 0.3 is 0 Å². The van der Waals surface area contributed by atoms with Crippen LogP contribution in [0.5, 0.6) is 11.5 Å². The van der Waals surface area contributed by atoms with Gasteiger partial charge in [-0.2, -0.15) is 0 Å². The van der Waals surface area contributed by atoms with Crippen molar-refractivity contribution in [3.63, 3.8) is 0 Å². The fourth-order valence-corrected chi connectivity index (χ4v) is 2.93. The molecule has 1 aromatic carbocycles. The van der Waals surface area contributed by atoms with Gasteiger partial charge in [0.2, 0.25) is 6.79 Å². The Balaban J connectivity index is 0.00000280. The molecule has 0 saturated heterocycles. The number of benzene rings is 1. The first kappa shape index (κ1) is 22.4. The van der Waals surface area contributed by atoms with E-state index in [1.54, 1.807) is 6.26 Å². The van der Waals surface area contributed by atoms with E-state index < -0.39 is 0 Å². The third-order valence-electron chi connectivity index (χ3n) is 4.40. The molecule has 0 fully saturated rings. The van der Waals surface area contributed by atoms with Gasteiger partial charge < -0.3 is 24.5 Å². The number of furan rings is 1. The van der Waals surface area contributed by atoms with Crippen molar-refractivity contribution >= 4 is 29.9 Å². The van der Waals surface area contributed by atoms with Gasteiger partial charge in [-0.1, -0.05) is 6.07 Å². The molecule has 0 bridgehead atoms. The van der Waals surface area contributed by atoms with E-state index in [1.807, 2.05) is 38.4 Å². The van der Waals surface area contributed by atoms with Crippen LogP contribution < -0.4 is 20.1 Å². The molecule has 1 aliphatic rings. The standard InChI is InChI=1S/C20H28N4O3.HI/c1-4-21-20(23-13-16(24(2)3)17-6-5-11-25-17)22-10-9-15-7-8-18-19(12-15)27-14-26-18;/h5-8,11-12,16H,4,9-10,13-14H2,1-3H3,(H2,21,22,23);1H. The van der Waals surface area contributed by atoms with E-state index in [0.29, 0.717) is 13.3 Å². The summed E-state index contributed by atoms with van der Waals surface area (Å²) < 4.78 is 16.3. The number of fused-ring (bicyclic) bond motifs is 1. The zero-order valence-electron chi connectivity index (χ0n) is 16.6. The first-order valence-electron chi connectivity index (χ1n) is 9.28. The van der Waals surface area contributed by atoms with Crippen LogP contribution in [-0.4, -0.2) is 51.4 Å². The van der Waals surface area contributed by atoms with Crippen molar-refractivity contribution in [2.24, 2.45) is 4.99 Å². The van der Waals surface area contributed by atoms with E-state index in [0.717, 1.165) is 42.7 Å². The summed E-state index contributed by atoms with van der Waals surface area (Å²) in [4.78, 5) is 6.84. The quantitative estimate of drug-likeness (QED) is 0.330. The van der Waals surface area contributed by atoms with Crippen LogP contribution in [-0.2, 0) is 6.42 Å². The Labute approximate surface area is 183 Å². The first-order chi connectivity index (χ1) is 13.2. The molecule has 2 heterocycles. The predicted octanol–water partition coefficient (Wildman–Crippen LogP) is 3.03. The maximum Gasteiger partial charge on any atom is 0.231 e. The number of likely N-dealkylation sites (N-methyl/N-ethyl adjacent to an activating group) is 1. The molecule has 0 radical (unpaired) electrons. The minimum absolute atomic E-state index is 0. The second-order valence-corrected chi connectivity index (χ2v) is 6.58. The molecular weight excluding hydrogens is 471 g/mol. The fourth-order valence-electron chi connectivity index (χ4n) is 2.93. The second-order valence-electron chi connectivity index (χ2n) is 6.58. The van der Waals surface area contributed by atoms with Crippen LogP contribution in [0.4, 0.5) is 0 Å². The number of nitrogens with zero attached hydrogens (tertiary/aromatic N) is 2. The van der Waals surface area contributed by atoms with Crippen molar-refractivity contribution in [1.29, 1.82) is 0 Å². The van der Waals surface area contributed by atoms with Crippen LogP contribution >= 0.6 is 24.0 Å². The minimum Gasteiger partial charge on any atom is -0.468 e. The number of guanidine groups is 1. The van der Waals surface area contributed by atoms with Gasteiger partial charge in [0.15, 0.2) is 17.5 Å². The summed E-state index contributed by atoms with van der Waals surface area (Å²) in [5.41, 5.74) is 1.20. The Morgan fingerprint density at radius 3 is 2.71 bits per heavy atom. The summed E-state index contributed by atoms with van der Waals surface area (Å²) in [7, 11) is 4.06. The van der Waals surface area contributed by atoms with Gasteiger partial charge in [0.25, 0.3) is 0 Å². The number of halogens is 1. The van der Waals surface area contributed by atoms with Crippen molar-refractivity contribution in [2.75, 3.05) is 40.5 Å². The lowest BCUT2D eigenvalue weighted by atomic mass is 10.1. The van der Waals surface area contributed by atoms with Gasteiger partial charge in [-0.15, -0.1) is 24.0 Å². The van der Waals surface area contributed by atoms with E-state index in [1.165, 1.54) is 5.56 Å². The monoisotopic (exact) mass is 500 g/mol. The Hall–Kier alpha value is -1.94. The number of aliphatic imine (C=N–C) groups is 1. The summed E-state index contributed by atoms with van der Waals surface area (Å²) in [6.45, 7) is 4.56. The predicted molar refractivity (Wildman–Crippen MR) is 121 cm³/mol. The Kier molecular flexibility index (Phi) is 8.91. The number of hydrogen-bond acceptors (Lipinski definition) is 5. The first-order valence-corrected chi connectivity index (χ1v) is 9.28. The van der Waals surface area contributed by atoms with Crippen LogP contribution in [0.3, 0.4) is 0 Å². The van der Waals surface area contributed by atoms with Crippen LogP contribution in [0.25, 0.3) is 0 Å². The topological polar surface area (TPSA) is 71.3 Å². The third kappa shape index (κ3) is 6.03. The van der Waals surface area contributed by atoms with E-state index in [9.17, 15) is 0 Å². The molecule has 7 nitrogen and oxygen atoms in total. The Morgan fingerprint density at radius 1 is 1.18 bits per heavy atom. The SMILES string of the molecule is CCNC(=NCC(c1ccco1)N(C)C)NCCc1ccc2c(c1)OCO2.I. The molecule has 0 amide bonds. The number of nitrogens with one attached hydrogen (secondary N) is 2. The van der Waals surface area contributed by atoms with Crippen molar-refractivity contribution < 1.29 is 13.9 Å². The lowest BCUT2D eigenvalue weighted by Crippen LogP contribution is -2.39. The fraction of sp³-hybridized carbons (Fsp3) is 0.450. The highest BCUT2D eigenvalue weighted by molar-refractivity contribution is 14.0. The molecular formula is C20H29IN4O3. The van der Waals surface area contributed by atoms with Gasteiger partial charge in [0.05, 0.1) is 18.8 Å². The maximum atomic E-state index is 5.55. The molecule has 3 rings (SSSR count). The van der Waals surface area contributed by atoms with Crippen LogP contribution in [0.15, 0.2) is 46.0 Å². The normalized spacial score (nSPS) is 13.9. The minimum atomic E-state index is 0. The van der Waals surface area contributed by atoms with E-state index in [2.05, 4.69) is 28.5 Å². The Morgan fingerprint density at radius 2 is 2.00 bits per heavy atom. The molecule has 154 valence electrons. The average Bonchev–Trinajstić information content (AvgIpc) is 3.33. The zero-order chi connectivity index (χ0) is 19.1. The summed E-state index contributed by atoms with van der Waals surface area (Å²) >= 11 is 0. The van der Waals surface area contributed by atoms with Crippen molar-refractivity contribution in [1.82, 2.24) is 15.5 Å². The molecule has 2 aromatic rings. The molecule has 2 N–H and O–H groups in total. The highest BCUT2D eigenvalue weighted by Gasteiger charge is 2.17. The molecule has 8 heteroatoms. The van der Waals surface area contributed by atoms with E-state index >= 15 is 0 Å². The molecule has 1 aliphatic heterocycles. The summed E-state index contributed by atoms with van der Waals surface area (Å²) in [5.74, 6) is 3.35. The maximum absolute atomic E-state index is 5.55. The second kappa shape index (κ2) is 11.2. The van der Waals surface area contributed by atoms with E-state index in [-0.39, 0.29) is 30.0 Å². The summed E-state index contributed by atoms with van der Waals surface area (Å²) in [6.07, 6.45) is 2.57. The smallest absolute Gasteiger partial charge is 0.231 e. The highest BCUT2D eigenvalue weighted by Crippen LogP contribution is 2.32. The Bertz CT molecular complexity index is 750. The van der Waals surface area contributed by atoms with Crippen molar-refractivity contribution in [3.8, 4) is 11.5 Å². The van der Waals surface area contributed by atoms with Crippen molar-refractivity contribution in [3.05, 3.63) is 47.9 Å². The molecule has 1 aromatic heterocycles. The highest BCUT2D eigenvalue weighted by atomic mass is 127. The number of hydrogen-bond donors (Lipinski definition) is 2. The number of ether oxygens (including phenoxy) is 2. The third-order valence-corrected chi connectivity index (χ3v) is 4.40. The molecule has 0 spiro atoms. The van der Waals surface area contributed by atoms with Crippen LogP contribution in [0.1, 0.15) is 24.3 Å². The average molecular weight is 500 g/mol. The molecule has 0 saturated carbocycles. The molecule has 28 heavy (non-hydrogen) atoms. The van der Waals surface area contributed by atoms with Gasteiger partial charge in [0.1, 0.15) is 5.76 Å². The van der Waals surface area contributed by atoms with Crippen LogP contribution in [0, 0.1) is 0 Å². The summed E-state index contributed by atoms with van der Waals surface area (Å²) in [5, 5.41) is 6.69. The molecule has 1 unspecified atom stereocenters. The molecule has 1 atom stereocenters. The lowest BCUT2D eigenvalue weighted by molar-refractivity contribution is 0.174. The number of rotatable bonds is 8.